The number of thiazole rings is 1. The smallest absolute Gasteiger partial charge is 0.303 e. The second-order valence-corrected chi connectivity index (χ2v) is 5.11. The van der Waals surface area contributed by atoms with Crippen molar-refractivity contribution >= 4 is 28.9 Å². The highest BCUT2D eigenvalue weighted by Gasteiger charge is 2.06. The summed E-state index contributed by atoms with van der Waals surface area (Å²) in [7, 11) is 0. The molecule has 0 bridgehead atoms. The van der Waals surface area contributed by atoms with Crippen molar-refractivity contribution in [3.63, 3.8) is 0 Å². The van der Waals surface area contributed by atoms with Gasteiger partial charge in [0.1, 0.15) is 5.01 Å². The van der Waals surface area contributed by atoms with E-state index in [0.29, 0.717) is 12.1 Å². The molecule has 2 rings (SSSR count). The van der Waals surface area contributed by atoms with E-state index < -0.39 is 5.97 Å². The third-order valence-corrected chi connectivity index (χ3v) is 3.44. The van der Waals surface area contributed by atoms with Crippen LogP contribution >= 0.6 is 11.3 Å². The molecule has 0 aliphatic carbocycles. The molecule has 6 heteroatoms. The lowest BCUT2D eigenvalue weighted by Gasteiger charge is -2.06. The van der Waals surface area contributed by atoms with Crippen LogP contribution in [0.4, 0.5) is 5.69 Å². The van der Waals surface area contributed by atoms with Gasteiger partial charge in [-0.3, -0.25) is 9.59 Å². The molecule has 2 aromatic rings. The van der Waals surface area contributed by atoms with Gasteiger partial charge in [0.25, 0.3) is 0 Å². The number of carboxylic acids is 1. The number of hydrogen-bond donors (Lipinski definition) is 2. The van der Waals surface area contributed by atoms with E-state index >= 15 is 0 Å². The van der Waals surface area contributed by atoms with Gasteiger partial charge in [-0.2, -0.15) is 0 Å². The second kappa shape index (κ2) is 6.81. The molecule has 0 aliphatic heterocycles. The maximum Gasteiger partial charge on any atom is 0.303 e. The van der Waals surface area contributed by atoms with Crippen LogP contribution in [0.3, 0.4) is 0 Å². The van der Waals surface area contributed by atoms with E-state index in [4.69, 9.17) is 5.11 Å². The van der Waals surface area contributed by atoms with Crippen LogP contribution in [0.1, 0.15) is 19.3 Å². The molecule has 0 saturated carbocycles. The van der Waals surface area contributed by atoms with Gasteiger partial charge in [0.05, 0.1) is 0 Å². The zero-order chi connectivity index (χ0) is 14.4. The van der Waals surface area contributed by atoms with E-state index in [1.807, 2.05) is 23.6 Å². The van der Waals surface area contributed by atoms with Crippen LogP contribution < -0.4 is 5.32 Å². The number of carbonyl (C=O) groups is 2. The maximum atomic E-state index is 11.7. The van der Waals surface area contributed by atoms with Gasteiger partial charge in [0.2, 0.25) is 5.91 Å². The standard InChI is InChI=1S/C14H14N2O3S/c17-12(5-2-6-13(18)19)16-11-4-1-3-10(9-11)14-15-7-8-20-14/h1,3-4,7-9H,2,5-6H2,(H,16,17)(H,18,19). The van der Waals surface area contributed by atoms with Crippen LogP contribution in [0, 0.1) is 0 Å². The lowest BCUT2D eigenvalue weighted by atomic mass is 10.2. The number of nitrogens with one attached hydrogen (secondary N) is 1. The van der Waals surface area contributed by atoms with Crippen LogP contribution in [0.25, 0.3) is 10.6 Å². The average molecular weight is 290 g/mol. The molecule has 1 aromatic carbocycles. The molecule has 104 valence electrons. The number of hydrogen-bond acceptors (Lipinski definition) is 4. The summed E-state index contributed by atoms with van der Waals surface area (Å²) in [5.41, 5.74) is 1.64. The minimum atomic E-state index is -0.886. The van der Waals surface area contributed by atoms with E-state index in [-0.39, 0.29) is 18.7 Å². The summed E-state index contributed by atoms with van der Waals surface area (Å²) in [4.78, 5) is 26.3. The Kier molecular flexibility index (Phi) is 4.84. The fourth-order valence-electron chi connectivity index (χ4n) is 1.72. The Morgan fingerprint density at radius 2 is 2.15 bits per heavy atom. The van der Waals surface area contributed by atoms with E-state index in [9.17, 15) is 9.59 Å². The number of amides is 1. The summed E-state index contributed by atoms with van der Waals surface area (Å²) in [5, 5.41) is 14.1. The van der Waals surface area contributed by atoms with E-state index in [2.05, 4.69) is 10.3 Å². The lowest BCUT2D eigenvalue weighted by molar-refractivity contribution is -0.137. The predicted octanol–water partition coefficient (Wildman–Crippen LogP) is 3.00. The molecule has 0 atom stereocenters. The summed E-state index contributed by atoms with van der Waals surface area (Å²) in [6, 6.07) is 7.43. The van der Waals surface area contributed by atoms with Crippen molar-refractivity contribution in [3.8, 4) is 10.6 Å². The van der Waals surface area contributed by atoms with E-state index in [1.165, 1.54) is 11.3 Å². The van der Waals surface area contributed by atoms with Crippen molar-refractivity contribution in [2.24, 2.45) is 0 Å². The monoisotopic (exact) mass is 290 g/mol. The van der Waals surface area contributed by atoms with Crippen LogP contribution in [0.15, 0.2) is 35.8 Å². The third kappa shape index (κ3) is 4.17. The number of benzene rings is 1. The van der Waals surface area contributed by atoms with Crippen molar-refractivity contribution in [2.45, 2.75) is 19.3 Å². The van der Waals surface area contributed by atoms with Crippen LogP contribution in [-0.2, 0) is 9.59 Å². The zero-order valence-electron chi connectivity index (χ0n) is 10.7. The topological polar surface area (TPSA) is 79.3 Å². The van der Waals surface area contributed by atoms with Gasteiger partial charge in [0.15, 0.2) is 0 Å². The molecular formula is C14H14N2O3S. The van der Waals surface area contributed by atoms with E-state index in [0.717, 1.165) is 10.6 Å². The molecule has 1 aromatic heterocycles. The van der Waals surface area contributed by atoms with Gasteiger partial charge < -0.3 is 10.4 Å². The van der Waals surface area contributed by atoms with Gasteiger partial charge in [-0.25, -0.2) is 4.98 Å². The van der Waals surface area contributed by atoms with E-state index in [1.54, 1.807) is 12.3 Å². The molecule has 0 fully saturated rings. The van der Waals surface area contributed by atoms with Crippen molar-refractivity contribution in [1.82, 2.24) is 4.98 Å². The first-order chi connectivity index (χ1) is 9.65. The number of carboxylic acid groups (broad SMARTS) is 1. The van der Waals surface area contributed by atoms with Crippen molar-refractivity contribution in [1.29, 1.82) is 0 Å². The molecule has 1 heterocycles. The first kappa shape index (κ1) is 14.2. The van der Waals surface area contributed by atoms with Crippen molar-refractivity contribution in [3.05, 3.63) is 35.8 Å². The molecule has 0 unspecified atom stereocenters. The van der Waals surface area contributed by atoms with Crippen LogP contribution in [0.5, 0.6) is 0 Å². The Hall–Kier alpha value is -2.21. The normalized spacial score (nSPS) is 10.2. The highest BCUT2D eigenvalue weighted by atomic mass is 32.1. The summed E-state index contributed by atoms with van der Waals surface area (Å²) in [5.74, 6) is -1.06. The van der Waals surface area contributed by atoms with Gasteiger partial charge in [-0.15, -0.1) is 11.3 Å². The SMILES string of the molecule is O=C(O)CCCC(=O)Nc1cccc(-c2nccs2)c1. The third-order valence-electron chi connectivity index (χ3n) is 2.62. The summed E-state index contributed by atoms with van der Waals surface area (Å²) in [6.07, 6.45) is 2.28. The lowest BCUT2D eigenvalue weighted by Crippen LogP contribution is -2.11. The minimum absolute atomic E-state index is 0.00652. The number of anilines is 1. The Morgan fingerprint density at radius 1 is 1.30 bits per heavy atom. The Bertz CT molecular complexity index is 596. The largest absolute Gasteiger partial charge is 0.481 e. The van der Waals surface area contributed by atoms with Crippen molar-refractivity contribution < 1.29 is 14.7 Å². The first-order valence-electron chi connectivity index (χ1n) is 6.17. The number of aliphatic carboxylic acids is 1. The molecule has 0 spiro atoms. The Morgan fingerprint density at radius 3 is 2.85 bits per heavy atom. The fourth-order valence-corrected chi connectivity index (χ4v) is 2.36. The number of aromatic nitrogens is 1. The second-order valence-electron chi connectivity index (χ2n) is 4.21. The van der Waals surface area contributed by atoms with Crippen molar-refractivity contribution in [2.75, 3.05) is 5.32 Å². The number of carbonyl (C=O) groups excluding carboxylic acids is 1. The minimum Gasteiger partial charge on any atom is -0.481 e. The quantitative estimate of drug-likeness (QED) is 0.857. The molecule has 20 heavy (non-hydrogen) atoms. The molecular weight excluding hydrogens is 276 g/mol. The number of rotatable bonds is 6. The fraction of sp³-hybridized carbons (Fsp3) is 0.214. The highest BCUT2D eigenvalue weighted by molar-refractivity contribution is 7.13. The molecule has 0 aliphatic rings. The molecule has 0 saturated heterocycles. The number of nitrogens with zero attached hydrogens (tertiary/aromatic N) is 1. The highest BCUT2D eigenvalue weighted by Crippen LogP contribution is 2.24. The Labute approximate surface area is 120 Å². The average Bonchev–Trinajstić information content (AvgIpc) is 2.92. The van der Waals surface area contributed by atoms with Gasteiger partial charge in [-0.1, -0.05) is 12.1 Å². The summed E-state index contributed by atoms with van der Waals surface area (Å²) in [6.45, 7) is 0. The van der Waals surface area contributed by atoms with Gasteiger partial charge >= 0.3 is 5.97 Å². The maximum absolute atomic E-state index is 11.7. The first-order valence-corrected chi connectivity index (χ1v) is 7.04. The molecule has 5 nitrogen and oxygen atoms in total. The molecule has 0 radical (unpaired) electrons. The zero-order valence-corrected chi connectivity index (χ0v) is 11.5. The van der Waals surface area contributed by atoms with Crippen LogP contribution in [-0.4, -0.2) is 22.0 Å². The van der Waals surface area contributed by atoms with Gasteiger partial charge in [-0.05, 0) is 18.6 Å². The summed E-state index contributed by atoms with van der Waals surface area (Å²) < 4.78 is 0. The van der Waals surface area contributed by atoms with Crippen LogP contribution in [0.2, 0.25) is 0 Å². The predicted molar refractivity (Wildman–Crippen MR) is 77.7 cm³/mol. The molecule has 2 N–H and O–H groups in total. The molecule has 1 amide bonds. The summed E-state index contributed by atoms with van der Waals surface area (Å²) >= 11 is 1.53. The Balaban J connectivity index is 1.94. The van der Waals surface area contributed by atoms with Gasteiger partial charge in [0, 0.05) is 35.7 Å².